The van der Waals surface area contributed by atoms with E-state index in [4.69, 9.17) is 0 Å². The number of nitrogens with one attached hydrogen (secondary N) is 1. The molecular weight excluding hydrogens is 381 g/mol. The zero-order valence-corrected chi connectivity index (χ0v) is 14.5. The van der Waals surface area contributed by atoms with Crippen LogP contribution >= 0.6 is 22.6 Å². The van der Waals surface area contributed by atoms with Crippen LogP contribution in [0, 0.1) is 17.4 Å². The van der Waals surface area contributed by atoms with E-state index < -0.39 is 0 Å². The predicted molar refractivity (Wildman–Crippen MR) is 90.6 cm³/mol. The minimum Gasteiger partial charge on any atom is -0.370 e. The van der Waals surface area contributed by atoms with Crippen LogP contribution in [-0.2, 0) is 6.54 Å². The lowest BCUT2D eigenvalue weighted by atomic mass is 10.4. The highest BCUT2D eigenvalue weighted by Gasteiger charge is 2.09. The lowest BCUT2D eigenvalue weighted by Crippen LogP contribution is -2.27. The summed E-state index contributed by atoms with van der Waals surface area (Å²) in [6.07, 6.45) is 2.61. The highest BCUT2D eigenvalue weighted by atomic mass is 127. The third kappa shape index (κ3) is 3.99. The lowest BCUT2D eigenvalue weighted by molar-refractivity contribution is 0.662. The van der Waals surface area contributed by atoms with Crippen LogP contribution in [0.4, 0.5) is 5.82 Å². The van der Waals surface area contributed by atoms with E-state index in [1.54, 1.807) is 10.8 Å². The van der Waals surface area contributed by atoms with Gasteiger partial charge in [-0.2, -0.15) is 0 Å². The Bertz CT molecular complexity index is 698. The van der Waals surface area contributed by atoms with Crippen molar-refractivity contribution in [2.75, 3.05) is 11.9 Å². The van der Waals surface area contributed by atoms with Gasteiger partial charge in [0.2, 0.25) is 0 Å². The topological polar surface area (TPSA) is 72.7 Å². The summed E-state index contributed by atoms with van der Waals surface area (Å²) in [6.45, 7) is 7.02. The predicted octanol–water partition coefficient (Wildman–Crippen LogP) is 2.12. The van der Waals surface area contributed by atoms with Gasteiger partial charge in [-0.1, -0.05) is 6.92 Å². The second-order valence-corrected chi connectivity index (χ2v) is 5.94. The summed E-state index contributed by atoms with van der Waals surface area (Å²) < 4.78 is 2.19. The van der Waals surface area contributed by atoms with E-state index in [-0.39, 0.29) is 5.56 Å². The highest BCUT2D eigenvalue weighted by molar-refractivity contribution is 14.1. The Kier molecular flexibility index (Phi) is 5.27. The number of anilines is 1. The average Bonchev–Trinajstić information content (AvgIpc) is 2.45. The van der Waals surface area contributed by atoms with Gasteiger partial charge in [0.15, 0.2) is 5.82 Å². The van der Waals surface area contributed by atoms with Crippen molar-refractivity contribution in [1.82, 2.24) is 19.5 Å². The van der Waals surface area contributed by atoms with Gasteiger partial charge in [0.25, 0.3) is 5.56 Å². The first-order valence-corrected chi connectivity index (χ1v) is 7.89. The van der Waals surface area contributed by atoms with Crippen molar-refractivity contribution in [1.29, 1.82) is 0 Å². The molecule has 0 saturated carbocycles. The number of hydrogen-bond acceptors (Lipinski definition) is 5. The molecule has 0 aliphatic carbocycles. The Hall–Kier alpha value is -1.51. The van der Waals surface area contributed by atoms with Gasteiger partial charge in [-0.3, -0.25) is 9.36 Å². The first-order valence-electron chi connectivity index (χ1n) is 6.81. The van der Waals surface area contributed by atoms with E-state index in [9.17, 15) is 4.79 Å². The van der Waals surface area contributed by atoms with E-state index in [1.165, 1.54) is 0 Å². The fourth-order valence-electron chi connectivity index (χ4n) is 1.92. The summed E-state index contributed by atoms with van der Waals surface area (Å²) in [5.41, 5.74) is 0.819. The van der Waals surface area contributed by atoms with Crippen molar-refractivity contribution in [3.63, 3.8) is 0 Å². The largest absolute Gasteiger partial charge is 0.370 e. The summed E-state index contributed by atoms with van der Waals surface area (Å²) >= 11 is 1.99. The Morgan fingerprint density at radius 1 is 1.33 bits per heavy atom. The molecule has 0 unspecified atom stereocenters. The third-order valence-corrected chi connectivity index (χ3v) is 3.70. The number of nitrogens with zero attached hydrogens (tertiary/aromatic N) is 4. The molecular formula is C14H18IN5O. The van der Waals surface area contributed by atoms with E-state index in [2.05, 4.69) is 27.2 Å². The molecule has 0 aliphatic heterocycles. The molecule has 6 nitrogen and oxygen atoms in total. The summed E-state index contributed by atoms with van der Waals surface area (Å²) in [7, 11) is 0. The molecule has 0 spiro atoms. The molecule has 112 valence electrons. The van der Waals surface area contributed by atoms with Crippen LogP contribution in [0.5, 0.6) is 0 Å². The molecule has 0 aromatic carbocycles. The molecule has 2 rings (SSSR count). The van der Waals surface area contributed by atoms with Gasteiger partial charge in [0.1, 0.15) is 11.6 Å². The second-order valence-electron chi connectivity index (χ2n) is 4.78. The van der Waals surface area contributed by atoms with Gasteiger partial charge < -0.3 is 5.32 Å². The molecule has 2 heterocycles. The summed E-state index contributed by atoms with van der Waals surface area (Å²) in [5, 5.41) is 3.25. The molecule has 0 aliphatic rings. The van der Waals surface area contributed by atoms with Crippen LogP contribution in [0.25, 0.3) is 0 Å². The number of halogens is 1. The average molecular weight is 399 g/mol. The molecule has 0 radical (unpaired) electrons. The molecule has 2 aromatic rings. The van der Waals surface area contributed by atoms with Crippen LogP contribution in [0.3, 0.4) is 0 Å². The van der Waals surface area contributed by atoms with E-state index in [1.807, 2.05) is 42.5 Å². The maximum Gasteiger partial charge on any atom is 0.267 e. The van der Waals surface area contributed by atoms with Crippen LogP contribution < -0.4 is 10.9 Å². The highest BCUT2D eigenvalue weighted by Crippen LogP contribution is 2.08. The zero-order chi connectivity index (χ0) is 15.4. The Morgan fingerprint density at radius 2 is 2.10 bits per heavy atom. The van der Waals surface area contributed by atoms with Gasteiger partial charge >= 0.3 is 0 Å². The monoisotopic (exact) mass is 399 g/mol. The van der Waals surface area contributed by atoms with Crippen LogP contribution in [-0.4, -0.2) is 26.1 Å². The molecule has 1 N–H and O–H groups in total. The van der Waals surface area contributed by atoms with Gasteiger partial charge in [-0.25, -0.2) is 15.0 Å². The molecule has 0 atom stereocenters. The number of rotatable bonds is 5. The van der Waals surface area contributed by atoms with Crippen LogP contribution in [0.15, 0.2) is 17.1 Å². The molecule has 0 bridgehead atoms. The zero-order valence-electron chi connectivity index (χ0n) is 12.4. The van der Waals surface area contributed by atoms with E-state index >= 15 is 0 Å². The van der Waals surface area contributed by atoms with Crippen molar-refractivity contribution in [3.8, 4) is 0 Å². The van der Waals surface area contributed by atoms with E-state index in [0.29, 0.717) is 21.8 Å². The van der Waals surface area contributed by atoms with Crippen molar-refractivity contribution in [2.24, 2.45) is 0 Å². The molecule has 7 heteroatoms. The molecule has 2 aromatic heterocycles. The van der Waals surface area contributed by atoms with E-state index in [0.717, 1.165) is 24.5 Å². The molecule has 0 saturated heterocycles. The number of hydrogen-bond donors (Lipinski definition) is 1. The molecule has 0 fully saturated rings. The van der Waals surface area contributed by atoms with Crippen molar-refractivity contribution >= 4 is 28.4 Å². The van der Waals surface area contributed by atoms with Crippen molar-refractivity contribution in [3.05, 3.63) is 43.5 Å². The second kappa shape index (κ2) is 6.97. The SMILES string of the molecule is CCCNc1cc(C)nc(Cn2c(C)ncc(I)c2=O)n1. The minimum atomic E-state index is -0.0590. The van der Waals surface area contributed by atoms with Gasteiger partial charge in [-0.05, 0) is 42.9 Å². The van der Waals surface area contributed by atoms with Crippen LogP contribution in [0.2, 0.25) is 0 Å². The Balaban J connectivity index is 2.34. The van der Waals surface area contributed by atoms with Gasteiger partial charge in [-0.15, -0.1) is 0 Å². The first-order chi connectivity index (χ1) is 10.0. The molecule has 21 heavy (non-hydrogen) atoms. The quantitative estimate of drug-likeness (QED) is 0.780. The number of aryl methyl sites for hydroxylation is 2. The minimum absolute atomic E-state index is 0.0590. The maximum atomic E-state index is 12.2. The van der Waals surface area contributed by atoms with Gasteiger partial charge in [0.05, 0.1) is 10.1 Å². The Labute approximate surface area is 137 Å². The lowest BCUT2D eigenvalue weighted by Gasteiger charge is -2.11. The normalized spacial score (nSPS) is 10.7. The molecule has 0 amide bonds. The fraction of sp³-hybridized carbons (Fsp3) is 0.429. The smallest absolute Gasteiger partial charge is 0.267 e. The summed E-state index contributed by atoms with van der Waals surface area (Å²) in [6, 6.07) is 1.90. The first kappa shape index (κ1) is 15.9. The van der Waals surface area contributed by atoms with Gasteiger partial charge in [0, 0.05) is 24.5 Å². The standard InChI is InChI=1S/C14H18IN5O/c1-4-5-16-12-6-9(2)18-13(19-12)8-20-10(3)17-7-11(15)14(20)21/h6-7H,4-5,8H2,1-3H3,(H,16,18,19). The number of aromatic nitrogens is 4. The van der Waals surface area contributed by atoms with Crippen molar-refractivity contribution in [2.45, 2.75) is 33.7 Å². The summed E-state index contributed by atoms with van der Waals surface area (Å²) in [4.78, 5) is 25.3. The summed E-state index contributed by atoms with van der Waals surface area (Å²) in [5.74, 6) is 2.07. The maximum absolute atomic E-state index is 12.2. The third-order valence-electron chi connectivity index (χ3n) is 2.96. The Morgan fingerprint density at radius 3 is 2.81 bits per heavy atom. The van der Waals surface area contributed by atoms with Crippen LogP contribution in [0.1, 0.15) is 30.7 Å². The van der Waals surface area contributed by atoms with Crippen molar-refractivity contribution < 1.29 is 0 Å². The fourth-order valence-corrected chi connectivity index (χ4v) is 2.35.